The minimum Gasteiger partial charge on any atom is -0.224 e. The smallest absolute Gasteiger partial charge is 0.175 e. The normalized spacial score (nSPS) is 12.7. The summed E-state index contributed by atoms with van der Waals surface area (Å²) in [6, 6.07) is 7.29. The summed E-state index contributed by atoms with van der Waals surface area (Å²) in [6.45, 7) is 4.33. The molecule has 0 fully saturated rings. The first-order valence-corrected chi connectivity index (χ1v) is 8.87. The van der Waals surface area contributed by atoms with Gasteiger partial charge in [0, 0.05) is 6.26 Å². The van der Waals surface area contributed by atoms with Gasteiger partial charge in [0.2, 0.25) is 0 Å². The molecule has 3 heteroatoms. The van der Waals surface area contributed by atoms with Crippen molar-refractivity contribution in [3.05, 3.63) is 35.9 Å². The summed E-state index contributed by atoms with van der Waals surface area (Å²) in [5.41, 5.74) is 2.31. The van der Waals surface area contributed by atoms with Crippen LogP contribution in [0.1, 0.15) is 51.5 Å². The van der Waals surface area contributed by atoms with Gasteiger partial charge >= 0.3 is 0 Å². The molecule has 0 spiro atoms. The van der Waals surface area contributed by atoms with Crippen molar-refractivity contribution in [2.45, 2.75) is 50.8 Å². The van der Waals surface area contributed by atoms with Crippen molar-refractivity contribution in [2.75, 3.05) is 6.26 Å². The van der Waals surface area contributed by atoms with E-state index in [9.17, 15) is 8.42 Å². The van der Waals surface area contributed by atoms with E-state index in [1.165, 1.54) is 24.7 Å². The molecule has 0 aliphatic carbocycles. The van der Waals surface area contributed by atoms with Crippen LogP contribution in [-0.4, -0.2) is 14.7 Å². The van der Waals surface area contributed by atoms with E-state index in [0.29, 0.717) is 4.90 Å². The molecule has 0 bridgehead atoms. The maximum Gasteiger partial charge on any atom is 0.175 e. The maximum absolute atomic E-state index is 11.6. The van der Waals surface area contributed by atoms with Gasteiger partial charge in [-0.2, -0.15) is 0 Å². The molecular weight excluding hydrogens is 256 g/mol. The summed E-state index contributed by atoms with van der Waals surface area (Å²) in [6.07, 6.45) is 9.01. The van der Waals surface area contributed by atoms with E-state index < -0.39 is 9.84 Å². The van der Waals surface area contributed by atoms with Crippen LogP contribution in [0.25, 0.3) is 5.57 Å². The van der Waals surface area contributed by atoms with Gasteiger partial charge in [0.25, 0.3) is 0 Å². The first-order chi connectivity index (χ1) is 8.99. The first kappa shape index (κ1) is 16.0. The molecule has 0 unspecified atom stereocenters. The summed E-state index contributed by atoms with van der Waals surface area (Å²) in [7, 11) is -3.13. The zero-order valence-electron chi connectivity index (χ0n) is 12.1. The molecule has 0 saturated heterocycles. The highest BCUT2D eigenvalue weighted by Crippen LogP contribution is 2.23. The van der Waals surface area contributed by atoms with Crippen LogP contribution in [-0.2, 0) is 9.84 Å². The van der Waals surface area contributed by atoms with E-state index in [1.54, 1.807) is 12.1 Å². The molecule has 0 atom stereocenters. The predicted molar refractivity (Wildman–Crippen MR) is 82.0 cm³/mol. The zero-order chi connectivity index (χ0) is 14.3. The van der Waals surface area contributed by atoms with E-state index in [1.807, 2.05) is 12.1 Å². The van der Waals surface area contributed by atoms with Crippen LogP contribution in [0.2, 0.25) is 0 Å². The second-order valence-electron chi connectivity index (χ2n) is 4.92. The summed E-state index contributed by atoms with van der Waals surface area (Å²) < 4.78 is 23.2. The fourth-order valence-electron chi connectivity index (χ4n) is 2.04. The van der Waals surface area contributed by atoms with E-state index in [0.717, 1.165) is 24.8 Å². The Balaban J connectivity index is 3.06. The SMILES string of the molecule is CCCC/C=C(\CCC)c1cccc(S(C)(=O)=O)c1. The van der Waals surface area contributed by atoms with Crippen LogP contribution in [0, 0.1) is 0 Å². The van der Waals surface area contributed by atoms with Crippen molar-refractivity contribution in [1.29, 1.82) is 0 Å². The van der Waals surface area contributed by atoms with Crippen LogP contribution in [0.3, 0.4) is 0 Å². The van der Waals surface area contributed by atoms with Gasteiger partial charge in [-0.3, -0.25) is 0 Å². The Labute approximate surface area is 117 Å². The molecule has 0 aliphatic rings. The lowest BCUT2D eigenvalue weighted by molar-refractivity contribution is 0.602. The van der Waals surface area contributed by atoms with Gasteiger partial charge in [0.05, 0.1) is 4.90 Å². The Kier molecular flexibility index (Phi) is 6.29. The number of unbranched alkanes of at least 4 members (excludes halogenated alkanes) is 2. The molecule has 0 radical (unpaired) electrons. The van der Waals surface area contributed by atoms with Crippen molar-refractivity contribution in [2.24, 2.45) is 0 Å². The molecule has 0 aromatic heterocycles. The molecule has 19 heavy (non-hydrogen) atoms. The largest absolute Gasteiger partial charge is 0.224 e. The van der Waals surface area contributed by atoms with Crippen LogP contribution in [0.5, 0.6) is 0 Å². The van der Waals surface area contributed by atoms with Gasteiger partial charge in [-0.1, -0.05) is 51.3 Å². The highest BCUT2D eigenvalue weighted by atomic mass is 32.2. The van der Waals surface area contributed by atoms with Gasteiger partial charge in [-0.15, -0.1) is 0 Å². The molecule has 1 aromatic carbocycles. The van der Waals surface area contributed by atoms with Crippen molar-refractivity contribution < 1.29 is 8.42 Å². The first-order valence-electron chi connectivity index (χ1n) is 6.98. The van der Waals surface area contributed by atoms with Crippen molar-refractivity contribution in [1.82, 2.24) is 0 Å². The fraction of sp³-hybridized carbons (Fsp3) is 0.500. The number of hydrogen-bond acceptors (Lipinski definition) is 2. The zero-order valence-corrected chi connectivity index (χ0v) is 13.0. The Morgan fingerprint density at radius 1 is 1.21 bits per heavy atom. The van der Waals surface area contributed by atoms with Crippen LogP contribution in [0.4, 0.5) is 0 Å². The maximum atomic E-state index is 11.6. The molecule has 106 valence electrons. The highest BCUT2D eigenvalue weighted by molar-refractivity contribution is 7.90. The van der Waals surface area contributed by atoms with Crippen LogP contribution >= 0.6 is 0 Å². The number of hydrogen-bond donors (Lipinski definition) is 0. The molecule has 0 heterocycles. The molecule has 0 amide bonds. The second kappa shape index (κ2) is 7.49. The standard InChI is InChI=1S/C16H24O2S/c1-4-6-7-10-14(9-5-2)15-11-8-12-16(13-15)19(3,17)18/h8,10-13H,4-7,9H2,1-3H3/b14-10+. The lowest BCUT2D eigenvalue weighted by atomic mass is 9.99. The lowest BCUT2D eigenvalue weighted by Gasteiger charge is -2.08. The van der Waals surface area contributed by atoms with Gasteiger partial charge in [-0.25, -0.2) is 8.42 Å². The number of allylic oxidation sites excluding steroid dienone is 2. The average molecular weight is 280 g/mol. The van der Waals surface area contributed by atoms with Crippen LogP contribution < -0.4 is 0 Å². The van der Waals surface area contributed by atoms with Crippen LogP contribution in [0.15, 0.2) is 35.2 Å². The minimum absolute atomic E-state index is 0.405. The Bertz CT molecular complexity index is 527. The third-order valence-electron chi connectivity index (χ3n) is 3.10. The molecule has 0 N–H and O–H groups in total. The Morgan fingerprint density at radius 2 is 1.95 bits per heavy atom. The topological polar surface area (TPSA) is 34.1 Å². The summed E-state index contributed by atoms with van der Waals surface area (Å²) in [5, 5.41) is 0. The van der Waals surface area contributed by atoms with Crippen molar-refractivity contribution in [3.63, 3.8) is 0 Å². The Hall–Kier alpha value is -1.09. The lowest BCUT2D eigenvalue weighted by Crippen LogP contribution is -1.98. The van der Waals surface area contributed by atoms with Gasteiger partial charge in [-0.05, 0) is 36.1 Å². The summed E-state index contributed by atoms with van der Waals surface area (Å²) >= 11 is 0. The summed E-state index contributed by atoms with van der Waals surface area (Å²) in [4.78, 5) is 0.405. The van der Waals surface area contributed by atoms with Gasteiger partial charge < -0.3 is 0 Å². The monoisotopic (exact) mass is 280 g/mol. The second-order valence-corrected chi connectivity index (χ2v) is 6.94. The fourth-order valence-corrected chi connectivity index (χ4v) is 2.71. The average Bonchev–Trinajstić information content (AvgIpc) is 2.37. The number of sulfone groups is 1. The minimum atomic E-state index is -3.13. The molecule has 1 aromatic rings. The highest BCUT2D eigenvalue weighted by Gasteiger charge is 2.09. The van der Waals surface area contributed by atoms with Gasteiger partial charge in [0.1, 0.15) is 0 Å². The predicted octanol–water partition coefficient (Wildman–Crippen LogP) is 4.46. The third kappa shape index (κ3) is 5.19. The number of rotatable bonds is 7. The van der Waals surface area contributed by atoms with Crippen molar-refractivity contribution >= 4 is 15.4 Å². The number of benzene rings is 1. The molecule has 0 aliphatic heterocycles. The molecule has 0 saturated carbocycles. The van der Waals surface area contributed by atoms with E-state index >= 15 is 0 Å². The quantitative estimate of drug-likeness (QED) is 0.691. The molecule has 1 rings (SSSR count). The summed E-state index contributed by atoms with van der Waals surface area (Å²) in [5.74, 6) is 0. The molecular formula is C16H24O2S. The third-order valence-corrected chi connectivity index (χ3v) is 4.21. The molecule has 2 nitrogen and oxygen atoms in total. The van der Waals surface area contributed by atoms with Crippen molar-refractivity contribution in [3.8, 4) is 0 Å². The van der Waals surface area contributed by atoms with E-state index in [-0.39, 0.29) is 0 Å². The Morgan fingerprint density at radius 3 is 2.53 bits per heavy atom. The van der Waals surface area contributed by atoms with E-state index in [4.69, 9.17) is 0 Å². The van der Waals surface area contributed by atoms with Gasteiger partial charge in [0.15, 0.2) is 9.84 Å². The van der Waals surface area contributed by atoms with E-state index in [2.05, 4.69) is 19.9 Å².